The summed E-state index contributed by atoms with van der Waals surface area (Å²) >= 11 is 0. The highest BCUT2D eigenvalue weighted by Crippen LogP contribution is 2.30. The Morgan fingerprint density at radius 2 is 1.90 bits per heavy atom. The molecule has 0 fully saturated rings. The molecule has 0 unspecified atom stereocenters. The zero-order valence-corrected chi connectivity index (χ0v) is 16.9. The molecule has 0 spiro atoms. The molecule has 0 amide bonds. The fraction of sp³-hybridized carbons (Fsp3) is 0.238. The number of halogens is 1. The number of nitrogens with zero attached hydrogens (tertiary/aromatic N) is 2. The normalized spacial score (nSPS) is 11.2. The number of nitrogens with two attached hydrogens (primary N) is 1. The molecule has 1 aromatic carbocycles. The topological polar surface area (TPSA) is 131 Å². The van der Waals surface area contributed by atoms with Crippen LogP contribution in [0.25, 0.3) is 22.1 Å². The number of carbonyl (C=O) groups is 2. The third kappa shape index (κ3) is 3.45. The Morgan fingerprint density at radius 3 is 2.61 bits per heavy atom. The average Bonchev–Trinajstić information content (AvgIpc) is 3.24. The summed E-state index contributed by atoms with van der Waals surface area (Å²) in [6, 6.07) is 4.41. The summed E-state index contributed by atoms with van der Waals surface area (Å²) in [6.07, 6.45) is 0. The minimum Gasteiger partial charge on any atom is -0.462 e. The predicted octanol–water partition coefficient (Wildman–Crippen LogP) is 3.84. The Morgan fingerprint density at radius 1 is 1.13 bits per heavy atom. The van der Waals surface area contributed by atoms with Crippen molar-refractivity contribution in [1.29, 1.82) is 0 Å². The number of esters is 2. The number of hydrogen-bond donors (Lipinski definition) is 1. The number of furan rings is 2. The van der Waals surface area contributed by atoms with E-state index in [9.17, 15) is 14.0 Å². The molecule has 0 bridgehead atoms. The number of carbonyl (C=O) groups excluding carboxylic acids is 2. The first-order valence-electron chi connectivity index (χ1n) is 9.39. The van der Waals surface area contributed by atoms with Crippen molar-refractivity contribution in [3.05, 3.63) is 52.5 Å². The van der Waals surface area contributed by atoms with Crippen molar-refractivity contribution in [2.45, 2.75) is 27.4 Å². The van der Waals surface area contributed by atoms with Crippen molar-refractivity contribution in [2.24, 2.45) is 0 Å². The lowest BCUT2D eigenvalue weighted by atomic mass is 10.1. The largest absolute Gasteiger partial charge is 0.462 e. The van der Waals surface area contributed by atoms with Gasteiger partial charge in [0.1, 0.15) is 17.1 Å². The number of aromatic nitrogens is 2. The van der Waals surface area contributed by atoms with Crippen molar-refractivity contribution in [1.82, 2.24) is 9.97 Å². The van der Waals surface area contributed by atoms with Crippen LogP contribution in [-0.2, 0) is 16.1 Å². The Kier molecular flexibility index (Phi) is 5.05. The van der Waals surface area contributed by atoms with Gasteiger partial charge in [0.2, 0.25) is 11.5 Å². The first kappa shape index (κ1) is 20.3. The molecule has 31 heavy (non-hydrogen) atoms. The molecule has 0 atom stereocenters. The fourth-order valence-corrected chi connectivity index (χ4v) is 3.30. The molecular formula is C21H18FN3O6. The summed E-state index contributed by atoms with van der Waals surface area (Å²) in [5.41, 5.74) is 6.65. The number of fused-ring (bicyclic) bond motifs is 2. The van der Waals surface area contributed by atoms with Crippen LogP contribution in [0.15, 0.2) is 27.0 Å². The lowest BCUT2D eigenvalue weighted by molar-refractivity contribution is 0.0426. The monoisotopic (exact) mass is 427 g/mol. The molecule has 9 nitrogen and oxygen atoms in total. The van der Waals surface area contributed by atoms with Crippen molar-refractivity contribution in [3.8, 4) is 0 Å². The number of rotatable bonds is 5. The van der Waals surface area contributed by atoms with Gasteiger partial charge in [0.05, 0.1) is 12.0 Å². The maximum absolute atomic E-state index is 13.9. The van der Waals surface area contributed by atoms with E-state index in [1.807, 2.05) is 0 Å². The fourth-order valence-electron chi connectivity index (χ4n) is 3.30. The maximum Gasteiger partial charge on any atom is 0.375 e. The van der Waals surface area contributed by atoms with Crippen LogP contribution in [0.3, 0.4) is 0 Å². The highest BCUT2D eigenvalue weighted by atomic mass is 19.1. The SMILES string of the molecule is CCOC(=O)c1c(C)oc2nc(COC(=O)c3oc4c(F)cccc4c3C)nc(N)c12. The van der Waals surface area contributed by atoms with Crippen LogP contribution in [0.2, 0.25) is 0 Å². The summed E-state index contributed by atoms with van der Waals surface area (Å²) in [5.74, 6) is -1.78. The smallest absolute Gasteiger partial charge is 0.375 e. The Hall–Kier alpha value is -3.95. The van der Waals surface area contributed by atoms with E-state index in [2.05, 4.69) is 9.97 Å². The molecule has 4 rings (SSSR count). The van der Waals surface area contributed by atoms with E-state index in [4.69, 9.17) is 24.0 Å². The standard InChI is InChI=1S/C21H18FN3O6/c1-4-28-20(26)14-10(3)30-19-15(14)18(23)24-13(25-19)8-29-21(27)16-9(2)11-6-5-7-12(22)17(11)31-16/h5-7H,4,8H2,1-3H3,(H2,23,24,25). The first-order chi connectivity index (χ1) is 14.8. The third-order valence-corrected chi connectivity index (χ3v) is 4.71. The molecule has 0 aliphatic rings. The van der Waals surface area contributed by atoms with Crippen LogP contribution in [0.5, 0.6) is 0 Å². The zero-order chi connectivity index (χ0) is 22.3. The highest BCUT2D eigenvalue weighted by Gasteiger charge is 2.25. The summed E-state index contributed by atoms with van der Waals surface area (Å²) in [5, 5.41) is 0.709. The van der Waals surface area contributed by atoms with Crippen LogP contribution in [0.4, 0.5) is 10.2 Å². The molecule has 3 aromatic heterocycles. The molecule has 0 aliphatic carbocycles. The van der Waals surface area contributed by atoms with Gasteiger partial charge in [-0.3, -0.25) is 0 Å². The molecule has 0 saturated carbocycles. The summed E-state index contributed by atoms with van der Waals surface area (Å²) in [7, 11) is 0. The van der Waals surface area contributed by atoms with Crippen LogP contribution in [0.1, 0.15) is 45.0 Å². The number of nitrogen functional groups attached to an aromatic ring is 1. The van der Waals surface area contributed by atoms with E-state index >= 15 is 0 Å². The molecule has 3 heterocycles. The molecule has 4 aromatic rings. The van der Waals surface area contributed by atoms with Gasteiger partial charge in [-0.05, 0) is 26.8 Å². The number of anilines is 1. The summed E-state index contributed by atoms with van der Waals surface area (Å²) in [4.78, 5) is 32.9. The second-order valence-electron chi connectivity index (χ2n) is 6.71. The molecule has 160 valence electrons. The minimum atomic E-state index is -0.807. The van der Waals surface area contributed by atoms with E-state index in [0.717, 1.165) is 0 Å². The van der Waals surface area contributed by atoms with Crippen LogP contribution < -0.4 is 5.73 Å². The lowest BCUT2D eigenvalue weighted by Gasteiger charge is -2.05. The quantitative estimate of drug-likeness (QED) is 0.472. The van der Waals surface area contributed by atoms with Gasteiger partial charge in [0, 0.05) is 10.9 Å². The van der Waals surface area contributed by atoms with Crippen LogP contribution >= 0.6 is 0 Å². The van der Waals surface area contributed by atoms with Gasteiger partial charge in [-0.2, -0.15) is 4.98 Å². The van der Waals surface area contributed by atoms with E-state index in [1.165, 1.54) is 12.1 Å². The number of ether oxygens (including phenoxy) is 2. The molecule has 10 heteroatoms. The average molecular weight is 427 g/mol. The lowest BCUT2D eigenvalue weighted by Crippen LogP contribution is -2.10. The van der Waals surface area contributed by atoms with Crippen molar-refractivity contribution >= 4 is 39.8 Å². The maximum atomic E-state index is 13.9. The first-order valence-corrected chi connectivity index (χ1v) is 9.39. The highest BCUT2D eigenvalue weighted by molar-refractivity contribution is 6.07. The van der Waals surface area contributed by atoms with Gasteiger partial charge < -0.3 is 24.0 Å². The van der Waals surface area contributed by atoms with Gasteiger partial charge in [-0.15, -0.1) is 0 Å². The Bertz CT molecular complexity index is 1340. The van der Waals surface area contributed by atoms with Gasteiger partial charge in [0.15, 0.2) is 23.8 Å². The van der Waals surface area contributed by atoms with Crippen molar-refractivity contribution in [2.75, 3.05) is 12.3 Å². The van der Waals surface area contributed by atoms with Gasteiger partial charge in [0.25, 0.3) is 0 Å². The number of benzene rings is 1. The van der Waals surface area contributed by atoms with Gasteiger partial charge in [-0.1, -0.05) is 12.1 Å². The Labute approximate surface area is 174 Å². The predicted molar refractivity (Wildman–Crippen MR) is 107 cm³/mol. The van der Waals surface area contributed by atoms with E-state index in [0.29, 0.717) is 10.9 Å². The van der Waals surface area contributed by atoms with Gasteiger partial charge in [-0.25, -0.2) is 19.0 Å². The van der Waals surface area contributed by atoms with E-state index in [-0.39, 0.29) is 58.6 Å². The molecule has 0 aliphatic heterocycles. The molecular weight excluding hydrogens is 409 g/mol. The number of aryl methyl sites for hydroxylation is 2. The summed E-state index contributed by atoms with van der Waals surface area (Å²) in [6.45, 7) is 4.73. The second kappa shape index (κ2) is 7.71. The van der Waals surface area contributed by atoms with Gasteiger partial charge >= 0.3 is 11.9 Å². The van der Waals surface area contributed by atoms with Crippen LogP contribution in [0, 0.1) is 19.7 Å². The molecule has 0 radical (unpaired) electrons. The molecule has 2 N–H and O–H groups in total. The number of hydrogen-bond acceptors (Lipinski definition) is 9. The van der Waals surface area contributed by atoms with E-state index in [1.54, 1.807) is 26.8 Å². The third-order valence-electron chi connectivity index (χ3n) is 4.71. The summed E-state index contributed by atoms with van der Waals surface area (Å²) < 4.78 is 35.0. The zero-order valence-electron chi connectivity index (χ0n) is 16.9. The molecule has 0 saturated heterocycles. The van der Waals surface area contributed by atoms with Crippen molar-refractivity contribution < 1.29 is 32.3 Å². The Balaban J connectivity index is 1.60. The number of para-hydroxylation sites is 1. The second-order valence-corrected chi connectivity index (χ2v) is 6.71. The minimum absolute atomic E-state index is 0.0158. The van der Waals surface area contributed by atoms with Crippen LogP contribution in [-0.4, -0.2) is 28.5 Å². The van der Waals surface area contributed by atoms with Crippen molar-refractivity contribution in [3.63, 3.8) is 0 Å². The van der Waals surface area contributed by atoms with E-state index < -0.39 is 17.8 Å².